The van der Waals surface area contributed by atoms with Gasteiger partial charge in [0, 0.05) is 18.9 Å². The summed E-state index contributed by atoms with van der Waals surface area (Å²) in [6, 6.07) is 18.0. The van der Waals surface area contributed by atoms with Gasteiger partial charge in [-0.2, -0.15) is 0 Å². The molecule has 2 aromatic heterocycles. The third-order valence-corrected chi connectivity index (χ3v) is 3.91. The minimum Gasteiger partial charge on any atom is -0.354 e. The summed E-state index contributed by atoms with van der Waals surface area (Å²) in [6.07, 6.45) is 6.89. The van der Waals surface area contributed by atoms with Gasteiger partial charge in [-0.1, -0.05) is 37.6 Å². The van der Waals surface area contributed by atoms with Crippen LogP contribution < -0.4 is 0 Å². The van der Waals surface area contributed by atoms with Gasteiger partial charge >= 0.3 is 0 Å². The fourth-order valence-corrected chi connectivity index (χ4v) is 2.61. The van der Waals surface area contributed by atoms with E-state index in [1.807, 2.05) is 48.5 Å². The van der Waals surface area contributed by atoms with Crippen molar-refractivity contribution >= 4 is 22.1 Å². The molecule has 122 valence electrons. The van der Waals surface area contributed by atoms with Crippen molar-refractivity contribution in [1.29, 1.82) is 0 Å². The lowest BCUT2D eigenvalue weighted by atomic mass is 10.2. The molecule has 0 aliphatic heterocycles. The summed E-state index contributed by atoms with van der Waals surface area (Å²) in [5.74, 6) is 0. The summed E-state index contributed by atoms with van der Waals surface area (Å²) >= 11 is 0. The van der Waals surface area contributed by atoms with Crippen LogP contribution in [0, 0.1) is 6.92 Å². The number of para-hydroxylation sites is 4. The van der Waals surface area contributed by atoms with Gasteiger partial charge in [-0.25, -0.2) is 9.97 Å². The standard InChI is InChI=1S/C12H8N2.C9H15N/c1-2-6-10-9(5-1)13-11-7-3-4-8-12(11)14-10;1-3-4-6-10-7-5-9(2)8-10/h1-8H;5,7-8H,3-4,6H2,1-2H3. The molecule has 0 bridgehead atoms. The van der Waals surface area contributed by atoms with Crippen LogP contribution in [0.4, 0.5) is 0 Å². The Bertz CT molecular complexity index is 819. The average Bonchev–Trinajstić information content (AvgIpc) is 3.04. The normalized spacial score (nSPS) is 10.6. The van der Waals surface area contributed by atoms with Crippen LogP contribution in [0.5, 0.6) is 0 Å². The minimum atomic E-state index is 0.950. The average molecular weight is 317 g/mol. The molecule has 2 aromatic carbocycles. The summed E-state index contributed by atoms with van der Waals surface area (Å²) in [7, 11) is 0. The molecule has 4 aromatic rings. The first-order chi connectivity index (χ1) is 11.8. The monoisotopic (exact) mass is 317 g/mol. The molecule has 0 saturated heterocycles. The van der Waals surface area contributed by atoms with E-state index < -0.39 is 0 Å². The van der Waals surface area contributed by atoms with Crippen LogP contribution in [-0.2, 0) is 6.54 Å². The van der Waals surface area contributed by atoms with Crippen molar-refractivity contribution in [3.05, 3.63) is 72.6 Å². The molecule has 0 unspecified atom stereocenters. The van der Waals surface area contributed by atoms with Crippen molar-refractivity contribution in [1.82, 2.24) is 14.5 Å². The molecule has 0 aliphatic rings. The second-order valence-corrected chi connectivity index (χ2v) is 5.98. The van der Waals surface area contributed by atoms with E-state index in [0.29, 0.717) is 0 Å². The molecule has 3 heteroatoms. The number of unbranched alkanes of at least 4 members (excludes halogenated alkanes) is 1. The number of fused-ring (bicyclic) bond motifs is 2. The van der Waals surface area contributed by atoms with E-state index in [1.165, 1.54) is 24.9 Å². The maximum absolute atomic E-state index is 4.52. The summed E-state index contributed by atoms with van der Waals surface area (Å²) < 4.78 is 2.25. The molecule has 4 rings (SSSR count). The zero-order valence-corrected chi connectivity index (χ0v) is 14.3. The van der Waals surface area contributed by atoms with Gasteiger partial charge in [0.1, 0.15) is 0 Å². The predicted molar refractivity (Wildman–Crippen MR) is 101 cm³/mol. The number of benzene rings is 2. The zero-order valence-electron chi connectivity index (χ0n) is 14.3. The Labute approximate surface area is 143 Å². The summed E-state index contributed by atoms with van der Waals surface area (Å²) in [6.45, 7) is 5.52. The number of hydrogen-bond acceptors (Lipinski definition) is 2. The van der Waals surface area contributed by atoms with E-state index in [0.717, 1.165) is 22.1 Å². The fraction of sp³-hybridized carbons (Fsp3) is 0.238. The summed E-state index contributed by atoms with van der Waals surface area (Å²) in [4.78, 5) is 9.03. The quantitative estimate of drug-likeness (QED) is 0.475. The van der Waals surface area contributed by atoms with Gasteiger partial charge in [0.25, 0.3) is 0 Å². The molecular weight excluding hydrogens is 294 g/mol. The van der Waals surface area contributed by atoms with Crippen LogP contribution in [0.3, 0.4) is 0 Å². The highest BCUT2D eigenvalue weighted by atomic mass is 14.9. The Hall–Kier alpha value is -2.68. The van der Waals surface area contributed by atoms with Crippen LogP contribution in [0.1, 0.15) is 25.3 Å². The lowest BCUT2D eigenvalue weighted by molar-refractivity contribution is 0.634. The zero-order chi connectivity index (χ0) is 16.8. The van der Waals surface area contributed by atoms with Gasteiger partial charge in [0.2, 0.25) is 0 Å². The molecule has 0 saturated carbocycles. The van der Waals surface area contributed by atoms with Crippen molar-refractivity contribution in [2.75, 3.05) is 0 Å². The van der Waals surface area contributed by atoms with Crippen molar-refractivity contribution < 1.29 is 0 Å². The van der Waals surface area contributed by atoms with E-state index >= 15 is 0 Å². The number of rotatable bonds is 3. The molecule has 0 aliphatic carbocycles. The molecule has 3 nitrogen and oxygen atoms in total. The number of nitrogens with zero attached hydrogens (tertiary/aromatic N) is 3. The first-order valence-corrected chi connectivity index (χ1v) is 8.50. The maximum atomic E-state index is 4.52. The highest BCUT2D eigenvalue weighted by Gasteiger charge is 1.98. The van der Waals surface area contributed by atoms with Crippen LogP contribution in [-0.4, -0.2) is 14.5 Å². The first-order valence-electron chi connectivity index (χ1n) is 8.50. The van der Waals surface area contributed by atoms with Crippen LogP contribution in [0.25, 0.3) is 22.1 Å². The second kappa shape index (κ2) is 7.73. The highest BCUT2D eigenvalue weighted by molar-refractivity contribution is 5.85. The van der Waals surface area contributed by atoms with Gasteiger partial charge in [-0.05, 0) is 49.2 Å². The SMILES string of the molecule is CCCCn1ccc(C)c1.c1ccc2nc3ccccc3nc2c1. The van der Waals surface area contributed by atoms with Crippen LogP contribution in [0.2, 0.25) is 0 Å². The van der Waals surface area contributed by atoms with Crippen LogP contribution in [0.15, 0.2) is 67.0 Å². The molecule has 0 radical (unpaired) electrons. The predicted octanol–water partition coefficient (Wildman–Crippen LogP) is 5.38. The molecule has 2 heterocycles. The van der Waals surface area contributed by atoms with E-state index in [4.69, 9.17) is 0 Å². The molecule has 0 fully saturated rings. The van der Waals surface area contributed by atoms with E-state index in [2.05, 4.69) is 46.8 Å². The Kier molecular flexibility index (Phi) is 5.22. The largest absolute Gasteiger partial charge is 0.354 e. The molecule has 0 atom stereocenters. The topological polar surface area (TPSA) is 30.7 Å². The summed E-state index contributed by atoms with van der Waals surface area (Å²) in [5, 5.41) is 0. The lowest BCUT2D eigenvalue weighted by Gasteiger charge is -1.98. The highest BCUT2D eigenvalue weighted by Crippen LogP contribution is 2.14. The first kappa shape index (κ1) is 16.2. The Morgan fingerprint density at radius 3 is 1.67 bits per heavy atom. The minimum absolute atomic E-state index is 0.950. The van der Waals surface area contributed by atoms with Gasteiger partial charge in [-0.3, -0.25) is 0 Å². The van der Waals surface area contributed by atoms with Gasteiger partial charge in [-0.15, -0.1) is 0 Å². The third kappa shape index (κ3) is 3.99. The smallest absolute Gasteiger partial charge is 0.0894 e. The van der Waals surface area contributed by atoms with Crippen LogP contribution >= 0.6 is 0 Å². The van der Waals surface area contributed by atoms with Gasteiger partial charge < -0.3 is 4.57 Å². The van der Waals surface area contributed by atoms with Gasteiger partial charge in [0.05, 0.1) is 22.1 Å². The van der Waals surface area contributed by atoms with Crippen molar-refractivity contribution in [2.45, 2.75) is 33.2 Å². The van der Waals surface area contributed by atoms with Crippen molar-refractivity contribution in [3.63, 3.8) is 0 Å². The van der Waals surface area contributed by atoms with Gasteiger partial charge in [0.15, 0.2) is 0 Å². The molecule has 24 heavy (non-hydrogen) atoms. The molecular formula is C21H23N3. The number of aromatic nitrogens is 3. The number of hydrogen-bond donors (Lipinski definition) is 0. The lowest BCUT2D eigenvalue weighted by Crippen LogP contribution is -1.92. The molecule has 0 N–H and O–H groups in total. The Morgan fingerprint density at radius 1 is 0.792 bits per heavy atom. The van der Waals surface area contributed by atoms with E-state index in [-0.39, 0.29) is 0 Å². The van der Waals surface area contributed by atoms with E-state index in [1.54, 1.807) is 0 Å². The van der Waals surface area contributed by atoms with Crippen molar-refractivity contribution in [2.24, 2.45) is 0 Å². The number of aryl methyl sites for hydroxylation is 2. The van der Waals surface area contributed by atoms with E-state index in [9.17, 15) is 0 Å². The Balaban J connectivity index is 0.000000150. The molecule has 0 amide bonds. The maximum Gasteiger partial charge on any atom is 0.0894 e. The van der Waals surface area contributed by atoms with Crippen molar-refractivity contribution in [3.8, 4) is 0 Å². The second-order valence-electron chi connectivity index (χ2n) is 5.98. The third-order valence-electron chi connectivity index (χ3n) is 3.91. The summed E-state index contributed by atoms with van der Waals surface area (Å²) in [5.41, 5.74) is 5.16. The molecule has 0 spiro atoms. The Morgan fingerprint density at radius 2 is 1.29 bits per heavy atom. The fourth-order valence-electron chi connectivity index (χ4n) is 2.61.